The van der Waals surface area contributed by atoms with Gasteiger partial charge >= 0.3 is 0 Å². The van der Waals surface area contributed by atoms with E-state index in [-0.39, 0.29) is 11.9 Å². The van der Waals surface area contributed by atoms with Gasteiger partial charge in [-0.25, -0.2) is 9.97 Å². The molecular weight excluding hydrogens is 350 g/mol. The first kappa shape index (κ1) is 20.3. The van der Waals surface area contributed by atoms with Crippen molar-refractivity contribution in [3.8, 4) is 0 Å². The zero-order valence-corrected chi connectivity index (χ0v) is 17.5. The Bertz CT molecular complexity index is 831. The molecule has 0 aliphatic carbocycles. The average molecular weight is 382 g/mol. The van der Waals surface area contributed by atoms with E-state index >= 15 is 0 Å². The third-order valence-electron chi connectivity index (χ3n) is 5.53. The Labute approximate surface area is 167 Å². The zero-order valence-electron chi connectivity index (χ0n) is 17.5. The van der Waals surface area contributed by atoms with Gasteiger partial charge in [-0.15, -0.1) is 0 Å². The first-order valence-corrected chi connectivity index (χ1v) is 9.95. The van der Waals surface area contributed by atoms with Gasteiger partial charge in [0.1, 0.15) is 5.82 Å². The van der Waals surface area contributed by atoms with Gasteiger partial charge in [0.15, 0.2) is 5.82 Å². The summed E-state index contributed by atoms with van der Waals surface area (Å²) >= 11 is 0. The minimum Gasteiger partial charge on any atom is -0.373 e. The quantitative estimate of drug-likeness (QED) is 0.804. The number of nitrogens with zero attached hydrogens (tertiary/aromatic N) is 3. The molecule has 0 radical (unpaired) electrons. The van der Waals surface area contributed by atoms with Gasteiger partial charge in [-0.2, -0.15) is 0 Å². The summed E-state index contributed by atoms with van der Waals surface area (Å²) in [5, 5.41) is 6.25. The predicted octanol–water partition coefficient (Wildman–Crippen LogP) is 3.19. The largest absolute Gasteiger partial charge is 0.373 e. The standard InChI is InChI=1S/C22H31N5O/c1-15-8-10-16(11-9-15)22(2,3)21(28)27-12-6-7-18(27)20-25-17(14-23-4)13-19(24-5)26-20/h8-11,13,18,23H,6-7,12,14H2,1-5H3,(H,24,25,26)/t18-/m0/s1. The van der Waals surface area contributed by atoms with Crippen molar-refractivity contribution in [2.45, 2.75) is 51.6 Å². The first-order chi connectivity index (χ1) is 13.4. The summed E-state index contributed by atoms with van der Waals surface area (Å²) in [6.07, 6.45) is 1.86. The molecule has 0 saturated carbocycles. The molecule has 0 unspecified atom stereocenters. The van der Waals surface area contributed by atoms with Crippen molar-refractivity contribution in [2.24, 2.45) is 0 Å². The van der Waals surface area contributed by atoms with Crippen LogP contribution >= 0.6 is 0 Å². The molecular formula is C22H31N5O. The van der Waals surface area contributed by atoms with Crippen LogP contribution in [0.4, 0.5) is 5.82 Å². The van der Waals surface area contributed by atoms with E-state index < -0.39 is 5.41 Å². The summed E-state index contributed by atoms with van der Waals surface area (Å²) in [6, 6.07) is 10.1. The number of hydrogen-bond donors (Lipinski definition) is 2. The minimum atomic E-state index is -0.593. The second-order valence-corrected chi connectivity index (χ2v) is 8.03. The highest BCUT2D eigenvalue weighted by atomic mass is 16.2. The van der Waals surface area contributed by atoms with Gasteiger partial charge in [0, 0.05) is 26.2 Å². The van der Waals surface area contributed by atoms with Crippen LogP contribution in [0.5, 0.6) is 0 Å². The van der Waals surface area contributed by atoms with Crippen LogP contribution in [0, 0.1) is 6.92 Å². The molecule has 0 spiro atoms. The molecule has 3 rings (SSSR count). The van der Waals surface area contributed by atoms with Crippen LogP contribution in [0.1, 0.15) is 55.4 Å². The topological polar surface area (TPSA) is 70.2 Å². The third kappa shape index (κ3) is 4.02. The number of carbonyl (C=O) groups excluding carboxylic acids is 1. The minimum absolute atomic E-state index is 0.0823. The number of carbonyl (C=O) groups is 1. The lowest BCUT2D eigenvalue weighted by molar-refractivity contribution is -0.137. The number of amides is 1. The monoisotopic (exact) mass is 381 g/mol. The second kappa shape index (κ2) is 8.27. The summed E-state index contributed by atoms with van der Waals surface area (Å²) in [6.45, 7) is 7.48. The molecule has 1 saturated heterocycles. The highest BCUT2D eigenvalue weighted by Gasteiger charge is 2.40. The molecule has 6 nitrogen and oxygen atoms in total. The molecule has 1 aromatic heterocycles. The van der Waals surface area contributed by atoms with Gasteiger partial charge in [-0.1, -0.05) is 29.8 Å². The molecule has 150 valence electrons. The lowest BCUT2D eigenvalue weighted by atomic mass is 9.82. The number of aromatic nitrogens is 2. The van der Waals surface area contributed by atoms with Crippen molar-refractivity contribution < 1.29 is 4.79 Å². The van der Waals surface area contributed by atoms with E-state index in [4.69, 9.17) is 4.98 Å². The second-order valence-electron chi connectivity index (χ2n) is 8.03. The molecule has 2 aromatic rings. The third-order valence-corrected chi connectivity index (χ3v) is 5.53. The maximum atomic E-state index is 13.5. The average Bonchev–Trinajstić information content (AvgIpc) is 3.17. The number of likely N-dealkylation sites (tertiary alicyclic amines) is 1. The highest BCUT2D eigenvalue weighted by Crippen LogP contribution is 2.36. The molecule has 1 aliphatic rings. The van der Waals surface area contributed by atoms with E-state index in [1.165, 1.54) is 5.56 Å². The van der Waals surface area contributed by atoms with Gasteiger partial charge < -0.3 is 15.5 Å². The van der Waals surface area contributed by atoms with Gasteiger partial charge in [0.2, 0.25) is 5.91 Å². The van der Waals surface area contributed by atoms with Gasteiger partial charge in [-0.3, -0.25) is 4.79 Å². The highest BCUT2D eigenvalue weighted by molar-refractivity contribution is 5.88. The number of anilines is 1. The molecule has 28 heavy (non-hydrogen) atoms. The van der Waals surface area contributed by atoms with E-state index in [0.717, 1.165) is 42.3 Å². The summed E-state index contributed by atoms with van der Waals surface area (Å²) in [5.74, 6) is 1.64. The maximum Gasteiger partial charge on any atom is 0.233 e. The zero-order chi connectivity index (χ0) is 20.3. The van der Waals surface area contributed by atoms with E-state index in [1.54, 1.807) is 0 Å². The molecule has 1 aromatic carbocycles. The van der Waals surface area contributed by atoms with Crippen molar-refractivity contribution in [2.75, 3.05) is 26.0 Å². The lowest BCUT2D eigenvalue weighted by Crippen LogP contribution is -2.43. The fourth-order valence-electron chi connectivity index (χ4n) is 3.80. The smallest absolute Gasteiger partial charge is 0.233 e. The predicted molar refractivity (Wildman–Crippen MR) is 112 cm³/mol. The number of rotatable bonds is 6. The van der Waals surface area contributed by atoms with Crippen LogP contribution in [0.25, 0.3) is 0 Å². The normalized spacial score (nSPS) is 17.0. The molecule has 1 fully saturated rings. The van der Waals surface area contributed by atoms with Crippen LogP contribution in [-0.4, -0.2) is 41.4 Å². The van der Waals surface area contributed by atoms with Crippen molar-refractivity contribution in [1.82, 2.24) is 20.2 Å². The van der Waals surface area contributed by atoms with E-state index in [9.17, 15) is 4.79 Å². The lowest BCUT2D eigenvalue weighted by Gasteiger charge is -2.33. The molecule has 6 heteroatoms. The number of aryl methyl sites for hydroxylation is 1. The Balaban J connectivity index is 1.91. The number of benzene rings is 1. The van der Waals surface area contributed by atoms with Crippen molar-refractivity contribution in [3.05, 3.63) is 53.0 Å². The number of hydrogen-bond acceptors (Lipinski definition) is 5. The summed E-state index contributed by atoms with van der Waals surface area (Å²) in [7, 11) is 3.75. The van der Waals surface area contributed by atoms with Gasteiger partial charge in [-0.05, 0) is 46.2 Å². The van der Waals surface area contributed by atoms with Crippen LogP contribution in [0.15, 0.2) is 30.3 Å². The van der Waals surface area contributed by atoms with Crippen LogP contribution < -0.4 is 10.6 Å². The summed E-state index contributed by atoms with van der Waals surface area (Å²) < 4.78 is 0. The summed E-state index contributed by atoms with van der Waals surface area (Å²) in [5.41, 5.74) is 2.56. The molecule has 2 heterocycles. The summed E-state index contributed by atoms with van der Waals surface area (Å²) in [4.78, 5) is 24.9. The van der Waals surface area contributed by atoms with E-state index in [1.807, 2.05) is 38.9 Å². The maximum absolute atomic E-state index is 13.5. The molecule has 2 N–H and O–H groups in total. The Hall–Kier alpha value is -2.47. The van der Waals surface area contributed by atoms with Gasteiger partial charge in [0.25, 0.3) is 0 Å². The van der Waals surface area contributed by atoms with E-state index in [2.05, 4.69) is 46.8 Å². The van der Waals surface area contributed by atoms with Crippen molar-refractivity contribution in [3.63, 3.8) is 0 Å². The Morgan fingerprint density at radius 1 is 1.21 bits per heavy atom. The Morgan fingerprint density at radius 2 is 1.93 bits per heavy atom. The molecule has 1 aliphatic heterocycles. The van der Waals surface area contributed by atoms with Crippen LogP contribution in [0.3, 0.4) is 0 Å². The Morgan fingerprint density at radius 3 is 2.57 bits per heavy atom. The van der Waals surface area contributed by atoms with Crippen LogP contribution in [0.2, 0.25) is 0 Å². The molecule has 1 atom stereocenters. The molecule has 0 bridgehead atoms. The fraction of sp³-hybridized carbons (Fsp3) is 0.500. The van der Waals surface area contributed by atoms with Crippen molar-refractivity contribution in [1.29, 1.82) is 0 Å². The fourth-order valence-corrected chi connectivity index (χ4v) is 3.80. The van der Waals surface area contributed by atoms with E-state index in [0.29, 0.717) is 6.54 Å². The van der Waals surface area contributed by atoms with Gasteiger partial charge in [0.05, 0.1) is 17.2 Å². The van der Waals surface area contributed by atoms with Crippen LogP contribution in [-0.2, 0) is 16.8 Å². The Kier molecular flexibility index (Phi) is 5.98. The molecule has 1 amide bonds. The van der Waals surface area contributed by atoms with Crippen molar-refractivity contribution >= 4 is 11.7 Å². The SMILES string of the molecule is CNCc1cc(NC)nc([C@@H]2CCCN2C(=O)C(C)(C)c2ccc(C)cc2)n1. The first-order valence-electron chi connectivity index (χ1n) is 9.95. The number of nitrogens with one attached hydrogen (secondary N) is 2.